The average Bonchev–Trinajstić information content (AvgIpc) is 2.78. The first-order valence-corrected chi connectivity index (χ1v) is 10.4. The van der Waals surface area contributed by atoms with Crippen LogP contribution in [0.25, 0.3) is 0 Å². The number of ether oxygens (including phenoxy) is 2. The van der Waals surface area contributed by atoms with Gasteiger partial charge in [-0.1, -0.05) is 79.6 Å². The Bertz CT molecular complexity index is 831. The van der Waals surface area contributed by atoms with E-state index in [0.29, 0.717) is 13.2 Å². The van der Waals surface area contributed by atoms with Crippen LogP contribution in [-0.2, 0) is 19.6 Å². The second-order valence-electron chi connectivity index (χ2n) is 7.22. The van der Waals surface area contributed by atoms with E-state index in [1.165, 1.54) is 5.56 Å². The van der Waals surface area contributed by atoms with E-state index in [2.05, 4.69) is 36.4 Å². The number of aliphatic hydroxyl groups excluding tert-OH is 1. The average molecular weight is 391 g/mol. The quantitative estimate of drug-likeness (QED) is 0.389. The SMILES string of the molecule is OCCCCCCc1ccc(OCc2ccccc2)c(OCc2ccccc2)c1. The Morgan fingerprint density at radius 1 is 0.552 bits per heavy atom. The van der Waals surface area contributed by atoms with Crippen LogP contribution in [0.4, 0.5) is 0 Å². The van der Waals surface area contributed by atoms with E-state index in [9.17, 15) is 0 Å². The molecule has 0 aromatic heterocycles. The molecule has 0 unspecified atom stereocenters. The van der Waals surface area contributed by atoms with Gasteiger partial charge in [-0.05, 0) is 48.1 Å². The molecule has 0 saturated carbocycles. The van der Waals surface area contributed by atoms with Crippen LogP contribution in [0.1, 0.15) is 42.4 Å². The first kappa shape index (κ1) is 20.9. The molecule has 152 valence electrons. The fourth-order valence-corrected chi connectivity index (χ4v) is 3.21. The fraction of sp³-hybridized carbons (Fsp3) is 0.308. The molecule has 0 aliphatic heterocycles. The van der Waals surface area contributed by atoms with Gasteiger partial charge in [-0.2, -0.15) is 0 Å². The fourth-order valence-electron chi connectivity index (χ4n) is 3.21. The zero-order valence-corrected chi connectivity index (χ0v) is 16.9. The highest BCUT2D eigenvalue weighted by Gasteiger charge is 2.08. The molecule has 0 spiro atoms. The van der Waals surface area contributed by atoms with E-state index < -0.39 is 0 Å². The van der Waals surface area contributed by atoms with Crippen molar-refractivity contribution in [2.45, 2.75) is 45.3 Å². The van der Waals surface area contributed by atoms with Crippen molar-refractivity contribution in [1.29, 1.82) is 0 Å². The molecule has 0 heterocycles. The van der Waals surface area contributed by atoms with E-state index in [0.717, 1.165) is 54.7 Å². The third-order valence-corrected chi connectivity index (χ3v) is 4.86. The van der Waals surface area contributed by atoms with E-state index in [-0.39, 0.29) is 6.61 Å². The third-order valence-electron chi connectivity index (χ3n) is 4.86. The van der Waals surface area contributed by atoms with Crippen molar-refractivity contribution in [2.24, 2.45) is 0 Å². The lowest BCUT2D eigenvalue weighted by atomic mass is 10.1. The number of rotatable bonds is 12. The maximum absolute atomic E-state index is 8.90. The van der Waals surface area contributed by atoms with Gasteiger partial charge < -0.3 is 14.6 Å². The summed E-state index contributed by atoms with van der Waals surface area (Å²) >= 11 is 0. The predicted octanol–water partition coefficient (Wildman–Crippen LogP) is 5.94. The number of benzene rings is 3. The van der Waals surface area contributed by atoms with Gasteiger partial charge in [0.25, 0.3) is 0 Å². The summed E-state index contributed by atoms with van der Waals surface area (Å²) in [5.41, 5.74) is 3.52. The van der Waals surface area contributed by atoms with Gasteiger partial charge in [-0.3, -0.25) is 0 Å². The highest BCUT2D eigenvalue weighted by molar-refractivity contribution is 5.43. The summed E-state index contributed by atoms with van der Waals surface area (Å²) in [4.78, 5) is 0. The molecule has 0 saturated heterocycles. The number of hydrogen-bond acceptors (Lipinski definition) is 3. The summed E-state index contributed by atoms with van der Waals surface area (Å²) in [7, 11) is 0. The summed E-state index contributed by atoms with van der Waals surface area (Å²) in [5, 5.41) is 8.90. The molecule has 3 aromatic carbocycles. The van der Waals surface area contributed by atoms with Crippen LogP contribution in [0.2, 0.25) is 0 Å². The zero-order chi connectivity index (χ0) is 20.2. The highest BCUT2D eigenvalue weighted by atomic mass is 16.5. The Morgan fingerprint density at radius 2 is 1.14 bits per heavy atom. The highest BCUT2D eigenvalue weighted by Crippen LogP contribution is 2.30. The topological polar surface area (TPSA) is 38.7 Å². The molecule has 3 aromatic rings. The van der Waals surface area contributed by atoms with Crippen molar-refractivity contribution >= 4 is 0 Å². The van der Waals surface area contributed by atoms with Crippen molar-refractivity contribution in [1.82, 2.24) is 0 Å². The van der Waals surface area contributed by atoms with E-state index >= 15 is 0 Å². The summed E-state index contributed by atoms with van der Waals surface area (Å²) in [5.74, 6) is 1.56. The van der Waals surface area contributed by atoms with E-state index in [4.69, 9.17) is 14.6 Å². The molecule has 0 bridgehead atoms. The molecule has 0 amide bonds. The van der Waals surface area contributed by atoms with Crippen LogP contribution in [0.3, 0.4) is 0 Å². The van der Waals surface area contributed by atoms with Gasteiger partial charge in [0.15, 0.2) is 11.5 Å². The molecule has 0 aliphatic rings. The first-order valence-electron chi connectivity index (χ1n) is 10.4. The van der Waals surface area contributed by atoms with Crippen LogP contribution < -0.4 is 9.47 Å². The van der Waals surface area contributed by atoms with Gasteiger partial charge in [0.1, 0.15) is 13.2 Å². The monoisotopic (exact) mass is 390 g/mol. The van der Waals surface area contributed by atoms with Gasteiger partial charge in [0, 0.05) is 6.61 Å². The molecule has 0 fully saturated rings. The lowest BCUT2D eigenvalue weighted by molar-refractivity contribution is 0.255. The largest absolute Gasteiger partial charge is 0.485 e. The Kier molecular flexibility index (Phi) is 8.61. The molecule has 0 atom stereocenters. The molecule has 3 rings (SSSR count). The zero-order valence-electron chi connectivity index (χ0n) is 16.9. The van der Waals surface area contributed by atoms with Gasteiger partial charge in [-0.25, -0.2) is 0 Å². The minimum atomic E-state index is 0.283. The predicted molar refractivity (Wildman–Crippen MR) is 117 cm³/mol. The second kappa shape index (κ2) is 11.9. The normalized spacial score (nSPS) is 10.7. The van der Waals surface area contributed by atoms with Crippen LogP contribution in [0.5, 0.6) is 11.5 Å². The number of aliphatic hydroxyl groups is 1. The number of unbranched alkanes of at least 4 members (excludes halogenated alkanes) is 3. The Balaban J connectivity index is 1.65. The first-order chi connectivity index (χ1) is 14.3. The van der Waals surface area contributed by atoms with Crippen molar-refractivity contribution in [3.8, 4) is 11.5 Å². The minimum Gasteiger partial charge on any atom is -0.485 e. The van der Waals surface area contributed by atoms with Crippen LogP contribution in [-0.4, -0.2) is 11.7 Å². The molecular weight excluding hydrogens is 360 g/mol. The lowest BCUT2D eigenvalue weighted by Crippen LogP contribution is -2.01. The Hall–Kier alpha value is -2.78. The summed E-state index contributed by atoms with van der Waals surface area (Å²) in [6.07, 6.45) is 5.21. The van der Waals surface area contributed by atoms with Crippen LogP contribution in [0, 0.1) is 0 Å². The maximum atomic E-state index is 8.90. The van der Waals surface area contributed by atoms with Crippen molar-refractivity contribution in [3.05, 3.63) is 95.6 Å². The van der Waals surface area contributed by atoms with Crippen molar-refractivity contribution < 1.29 is 14.6 Å². The molecule has 3 nitrogen and oxygen atoms in total. The lowest BCUT2D eigenvalue weighted by Gasteiger charge is -2.15. The van der Waals surface area contributed by atoms with Crippen LogP contribution in [0.15, 0.2) is 78.9 Å². The molecule has 3 heteroatoms. The molecule has 0 radical (unpaired) electrons. The van der Waals surface area contributed by atoms with E-state index in [1.54, 1.807) is 0 Å². The number of aryl methyl sites for hydroxylation is 1. The van der Waals surface area contributed by atoms with Crippen molar-refractivity contribution in [3.63, 3.8) is 0 Å². The summed E-state index contributed by atoms with van der Waals surface area (Å²) in [6, 6.07) is 26.6. The molecule has 0 aliphatic carbocycles. The van der Waals surface area contributed by atoms with Gasteiger partial charge in [0.2, 0.25) is 0 Å². The van der Waals surface area contributed by atoms with Gasteiger partial charge in [0.05, 0.1) is 0 Å². The standard InChI is InChI=1S/C26H30O3/c27-18-10-2-1-5-11-22-16-17-25(28-20-23-12-6-3-7-13-23)26(19-22)29-21-24-14-8-4-9-15-24/h3-4,6-9,12-17,19,27H,1-2,5,10-11,18,20-21H2. The molecule has 29 heavy (non-hydrogen) atoms. The second-order valence-corrected chi connectivity index (χ2v) is 7.22. The van der Waals surface area contributed by atoms with E-state index in [1.807, 2.05) is 42.5 Å². The third kappa shape index (κ3) is 7.28. The smallest absolute Gasteiger partial charge is 0.161 e. The molecular formula is C26H30O3. The summed E-state index contributed by atoms with van der Waals surface area (Å²) < 4.78 is 12.2. The Labute approximate surface area is 173 Å². The van der Waals surface area contributed by atoms with Crippen LogP contribution >= 0.6 is 0 Å². The molecule has 1 N–H and O–H groups in total. The maximum Gasteiger partial charge on any atom is 0.161 e. The minimum absolute atomic E-state index is 0.283. The number of hydrogen-bond donors (Lipinski definition) is 1. The van der Waals surface area contributed by atoms with Gasteiger partial charge >= 0.3 is 0 Å². The Morgan fingerprint density at radius 3 is 1.76 bits per heavy atom. The van der Waals surface area contributed by atoms with Gasteiger partial charge in [-0.15, -0.1) is 0 Å². The summed E-state index contributed by atoms with van der Waals surface area (Å²) in [6.45, 7) is 1.32. The van der Waals surface area contributed by atoms with Crippen molar-refractivity contribution in [2.75, 3.05) is 6.61 Å².